The molecule has 0 aromatic carbocycles. The maximum Gasteiger partial charge on any atom is 0.463 e. The van der Waals surface area contributed by atoms with E-state index in [1.54, 1.807) is 0 Å². The summed E-state index contributed by atoms with van der Waals surface area (Å²) in [5.41, 5.74) is 0. The Morgan fingerprint density at radius 3 is 2.58 bits per heavy atom. The average Bonchev–Trinajstić information content (AvgIpc) is 2.57. The van der Waals surface area contributed by atoms with Crippen molar-refractivity contribution in [3.05, 3.63) is 0 Å². The predicted octanol–water partition coefficient (Wildman–Crippen LogP) is 2.39. The van der Waals surface area contributed by atoms with E-state index in [-0.39, 0.29) is 22.8 Å². The van der Waals surface area contributed by atoms with Crippen LogP contribution in [-0.4, -0.2) is 36.0 Å². The number of hydrogen-bond donors (Lipinski definition) is 0. The maximum absolute atomic E-state index is 5.34. The summed E-state index contributed by atoms with van der Waals surface area (Å²) in [4.78, 5) is 0. The van der Waals surface area contributed by atoms with Crippen LogP contribution in [0.3, 0.4) is 0 Å². The van der Waals surface area contributed by atoms with E-state index in [4.69, 9.17) is 9.47 Å². The van der Waals surface area contributed by atoms with Crippen LogP contribution in [-0.2, 0) is 9.47 Å². The van der Waals surface area contributed by atoms with Gasteiger partial charge in [0.2, 0.25) is 0 Å². The molecule has 2 nitrogen and oxygen atoms in total. The standard InChI is InChI=1S/C8H15O2.HI.Mg/c1-2-3-4-5-8-9-6-7-10-8;;/h8H,1-7H2;1H;/q;;+1/p-1. The fourth-order valence-corrected chi connectivity index (χ4v) is 3.49. The number of hydrogen-bond acceptors (Lipinski definition) is 2. The van der Waals surface area contributed by atoms with Gasteiger partial charge < -0.3 is 28.3 Å². The van der Waals surface area contributed by atoms with Crippen LogP contribution in [0.5, 0.6) is 0 Å². The smallest absolute Gasteiger partial charge is 0.350 e. The predicted molar refractivity (Wildman–Crippen MR) is 58.7 cm³/mol. The summed E-state index contributed by atoms with van der Waals surface area (Å²) in [5, 5.41) is 0. The highest BCUT2D eigenvalue weighted by molar-refractivity contribution is 14.1. The molecule has 0 aliphatic carbocycles. The molecule has 0 aromatic rings. The molecule has 0 spiro atoms. The van der Waals surface area contributed by atoms with Crippen LogP contribution in [0.15, 0.2) is 0 Å². The Morgan fingerprint density at radius 2 is 1.92 bits per heavy atom. The summed E-state index contributed by atoms with van der Waals surface area (Å²) >= 11 is 2.84. The van der Waals surface area contributed by atoms with Gasteiger partial charge in [0.15, 0.2) is 6.29 Å². The van der Waals surface area contributed by atoms with Crippen molar-refractivity contribution in [3.63, 3.8) is 0 Å². The lowest BCUT2D eigenvalue weighted by Gasteiger charge is -2.07. The highest BCUT2D eigenvalue weighted by Gasteiger charge is 2.14. The molecule has 68 valence electrons. The first-order chi connectivity index (χ1) is 5.93. The highest BCUT2D eigenvalue weighted by Crippen LogP contribution is 2.13. The van der Waals surface area contributed by atoms with Crippen molar-refractivity contribution < 1.29 is 9.47 Å². The van der Waals surface area contributed by atoms with Gasteiger partial charge in [-0.3, -0.25) is 0 Å². The second kappa shape index (κ2) is 7.79. The third-order valence-electron chi connectivity index (χ3n) is 2.01. The molecule has 0 N–H and O–H groups in total. The minimum absolute atomic E-state index is 0.127. The first kappa shape index (κ1) is 11.5. The first-order valence-corrected chi connectivity index (χ1v) is 10.8. The zero-order chi connectivity index (χ0) is 8.65. The average molecular weight is 294 g/mol. The van der Waals surface area contributed by atoms with Gasteiger partial charge in [-0.1, -0.05) is 12.8 Å². The molecule has 0 atom stereocenters. The molecule has 0 amide bonds. The Balaban J connectivity index is 1.81. The number of unbranched alkanes of at least 4 members (excludes halogenated alkanes) is 2. The SMILES string of the molecule is [I][Mg][CH2]CCCCC1OCCO1. The Morgan fingerprint density at radius 1 is 1.17 bits per heavy atom. The Labute approximate surface area is 93.9 Å². The Kier molecular flexibility index (Phi) is 7.46. The minimum Gasteiger partial charge on any atom is -0.350 e. The molecular weight excluding hydrogens is 279 g/mol. The van der Waals surface area contributed by atoms with Gasteiger partial charge in [-0.2, -0.15) is 0 Å². The summed E-state index contributed by atoms with van der Waals surface area (Å²) < 4.78 is 12.2. The molecule has 1 aliphatic heterocycles. The van der Waals surface area contributed by atoms with E-state index in [1.807, 2.05) is 0 Å². The molecule has 1 rings (SSSR count). The first-order valence-electron chi connectivity index (χ1n) is 4.72. The van der Waals surface area contributed by atoms with Crippen molar-refractivity contribution in [3.8, 4) is 0 Å². The van der Waals surface area contributed by atoms with Crippen LogP contribution in [0.2, 0.25) is 4.55 Å². The molecule has 0 aromatic heterocycles. The largest absolute Gasteiger partial charge is 0.463 e. The van der Waals surface area contributed by atoms with E-state index in [1.165, 1.54) is 23.8 Å². The van der Waals surface area contributed by atoms with Crippen LogP contribution in [0.1, 0.15) is 25.7 Å². The van der Waals surface area contributed by atoms with E-state index in [0.29, 0.717) is 0 Å². The van der Waals surface area contributed by atoms with Crippen LogP contribution in [0, 0.1) is 0 Å². The molecule has 4 heteroatoms. The van der Waals surface area contributed by atoms with Crippen molar-refractivity contribution in [2.45, 2.75) is 36.5 Å². The molecule has 1 aliphatic rings. The van der Waals surface area contributed by atoms with Gasteiger partial charge in [-0.15, -0.1) is 4.55 Å². The number of rotatable bonds is 6. The molecule has 0 saturated carbocycles. The summed E-state index contributed by atoms with van der Waals surface area (Å²) in [6.07, 6.45) is 5.28. The van der Waals surface area contributed by atoms with Crippen LogP contribution >= 0.6 is 18.9 Å². The van der Waals surface area contributed by atoms with Crippen molar-refractivity contribution in [1.29, 1.82) is 0 Å². The van der Waals surface area contributed by atoms with Gasteiger partial charge in [-0.25, -0.2) is 0 Å². The molecule has 12 heavy (non-hydrogen) atoms. The second-order valence-corrected chi connectivity index (χ2v) is 7.38. The van der Waals surface area contributed by atoms with Crippen LogP contribution in [0.4, 0.5) is 0 Å². The van der Waals surface area contributed by atoms with Gasteiger partial charge in [0.05, 0.1) is 13.2 Å². The highest BCUT2D eigenvalue weighted by atomic mass is 127. The topological polar surface area (TPSA) is 18.5 Å². The number of halogens is 1. The van der Waals surface area contributed by atoms with Crippen molar-refractivity contribution in [2.24, 2.45) is 0 Å². The van der Waals surface area contributed by atoms with E-state index >= 15 is 0 Å². The molecule has 0 unspecified atom stereocenters. The molecule has 1 heterocycles. The van der Waals surface area contributed by atoms with Gasteiger partial charge in [0.25, 0.3) is 0 Å². The van der Waals surface area contributed by atoms with Gasteiger partial charge in [0.1, 0.15) is 0 Å². The Bertz CT molecular complexity index is 107. The summed E-state index contributed by atoms with van der Waals surface area (Å²) in [7, 11) is 0. The zero-order valence-corrected chi connectivity index (χ0v) is 11.0. The summed E-state index contributed by atoms with van der Waals surface area (Å²) in [6.45, 7) is 1.59. The lowest BCUT2D eigenvalue weighted by molar-refractivity contribution is -0.0479. The van der Waals surface area contributed by atoms with Crippen LogP contribution < -0.4 is 0 Å². The lowest BCUT2D eigenvalue weighted by atomic mass is 10.2. The van der Waals surface area contributed by atoms with Gasteiger partial charge in [-0.05, 0) is 12.8 Å². The molecule has 0 bridgehead atoms. The van der Waals surface area contributed by atoms with Gasteiger partial charge >= 0.3 is 16.5 Å². The number of ether oxygens (including phenoxy) is 2. The van der Waals surface area contributed by atoms with Crippen LogP contribution in [0.25, 0.3) is 0 Å². The van der Waals surface area contributed by atoms with E-state index in [2.05, 4.69) is 18.9 Å². The monoisotopic (exact) mass is 294 g/mol. The van der Waals surface area contributed by atoms with Gasteiger partial charge in [0, 0.05) is 0 Å². The van der Waals surface area contributed by atoms with Crippen molar-refractivity contribution >= 4 is 35.3 Å². The fraction of sp³-hybridized carbons (Fsp3) is 1.00. The van der Waals surface area contributed by atoms with E-state index in [9.17, 15) is 0 Å². The minimum atomic E-state index is 0.127. The molecule has 1 fully saturated rings. The van der Waals surface area contributed by atoms with E-state index in [0.717, 1.165) is 19.6 Å². The Hall–Kier alpha value is 1.42. The maximum atomic E-state index is 5.34. The third-order valence-corrected chi connectivity index (χ3v) is 5.07. The molecule has 1 saturated heterocycles. The normalized spacial score (nSPS) is 18.1. The van der Waals surface area contributed by atoms with Crippen molar-refractivity contribution in [2.75, 3.05) is 13.2 Å². The summed E-state index contributed by atoms with van der Waals surface area (Å²) in [6, 6.07) is 0. The molecular formula is C8H15IMgO2. The third kappa shape index (κ3) is 5.21. The quantitative estimate of drug-likeness (QED) is 0.425. The van der Waals surface area contributed by atoms with E-state index < -0.39 is 0 Å². The second-order valence-electron chi connectivity index (χ2n) is 3.06. The summed E-state index contributed by atoms with van der Waals surface area (Å²) in [5.74, 6) is 0. The lowest BCUT2D eigenvalue weighted by Crippen LogP contribution is -2.06. The van der Waals surface area contributed by atoms with Crippen molar-refractivity contribution in [1.82, 2.24) is 0 Å². The zero-order valence-electron chi connectivity index (χ0n) is 7.43. The fourth-order valence-electron chi connectivity index (χ4n) is 1.33. The molecule has 0 radical (unpaired) electrons.